The largest absolute Gasteiger partial charge is 0.379 e. The molecular formula is C21H21F2N3O2S. The minimum absolute atomic E-state index is 0.266. The van der Waals surface area contributed by atoms with E-state index in [0.717, 1.165) is 39.3 Å². The number of carbonyl (C=O) groups excluding carboxylic acids is 1. The Labute approximate surface area is 171 Å². The summed E-state index contributed by atoms with van der Waals surface area (Å²) in [5.41, 5.74) is 0.901. The van der Waals surface area contributed by atoms with Crippen LogP contribution in [0.4, 0.5) is 13.9 Å². The number of aromatic nitrogens is 1. The lowest BCUT2D eigenvalue weighted by molar-refractivity contribution is 0.0376. The number of morpholine rings is 1. The standard InChI is InChI=1S/C21H21F2N3O2S/c22-16-4-1-3-15(13-16)20(27)26(8-2-7-25-9-11-28-12-10-25)21-24-18-6-5-17(23)14-19(18)29-21/h1,3-6,13-14H,2,7-12H2. The molecule has 2 aromatic carbocycles. The van der Waals surface area contributed by atoms with E-state index in [-0.39, 0.29) is 17.3 Å². The Morgan fingerprint density at radius 2 is 1.93 bits per heavy atom. The summed E-state index contributed by atoms with van der Waals surface area (Å²) in [5, 5.41) is 0.488. The minimum Gasteiger partial charge on any atom is -0.379 e. The molecule has 4 rings (SSSR count). The first-order valence-corrected chi connectivity index (χ1v) is 10.4. The number of nitrogens with zero attached hydrogens (tertiary/aromatic N) is 3. The van der Waals surface area contributed by atoms with Gasteiger partial charge in [-0.3, -0.25) is 14.6 Å². The van der Waals surface area contributed by atoms with Crippen LogP contribution in [0.5, 0.6) is 0 Å². The number of fused-ring (bicyclic) bond motifs is 1. The summed E-state index contributed by atoms with van der Waals surface area (Å²) in [6.07, 6.45) is 0.741. The highest BCUT2D eigenvalue weighted by atomic mass is 32.1. The number of halogens is 2. The molecule has 0 spiro atoms. The van der Waals surface area contributed by atoms with Gasteiger partial charge in [0.2, 0.25) is 0 Å². The predicted octanol–water partition coefficient (Wildman–Crippen LogP) is 3.94. The summed E-state index contributed by atoms with van der Waals surface area (Å²) < 4.78 is 33.3. The van der Waals surface area contributed by atoms with Crippen LogP contribution in [0.1, 0.15) is 16.8 Å². The fourth-order valence-electron chi connectivity index (χ4n) is 3.34. The molecule has 1 saturated heterocycles. The third kappa shape index (κ3) is 4.77. The highest BCUT2D eigenvalue weighted by Gasteiger charge is 2.22. The molecule has 29 heavy (non-hydrogen) atoms. The second-order valence-corrected chi connectivity index (χ2v) is 7.89. The van der Waals surface area contributed by atoms with Crippen LogP contribution in [0.3, 0.4) is 0 Å². The van der Waals surface area contributed by atoms with Gasteiger partial charge >= 0.3 is 0 Å². The van der Waals surface area contributed by atoms with Gasteiger partial charge in [-0.15, -0.1) is 0 Å². The number of amides is 1. The van der Waals surface area contributed by atoms with Crippen molar-refractivity contribution in [3.8, 4) is 0 Å². The van der Waals surface area contributed by atoms with Gasteiger partial charge in [0, 0.05) is 31.7 Å². The highest BCUT2D eigenvalue weighted by Crippen LogP contribution is 2.30. The van der Waals surface area contributed by atoms with Crippen molar-refractivity contribution in [3.05, 3.63) is 59.7 Å². The van der Waals surface area contributed by atoms with E-state index in [2.05, 4.69) is 9.88 Å². The van der Waals surface area contributed by atoms with E-state index in [1.54, 1.807) is 17.0 Å². The molecule has 1 aromatic heterocycles. The molecular weight excluding hydrogens is 396 g/mol. The minimum atomic E-state index is -0.463. The molecule has 1 aliphatic rings. The summed E-state index contributed by atoms with van der Waals surface area (Å²) in [7, 11) is 0. The number of ether oxygens (including phenoxy) is 1. The number of benzene rings is 2. The van der Waals surface area contributed by atoms with Gasteiger partial charge in [-0.2, -0.15) is 0 Å². The fraction of sp³-hybridized carbons (Fsp3) is 0.333. The molecule has 0 saturated carbocycles. The van der Waals surface area contributed by atoms with Crippen molar-refractivity contribution < 1.29 is 18.3 Å². The van der Waals surface area contributed by atoms with Crippen LogP contribution in [0.25, 0.3) is 10.2 Å². The Balaban J connectivity index is 1.57. The number of rotatable bonds is 6. The van der Waals surface area contributed by atoms with Gasteiger partial charge in [0.15, 0.2) is 5.13 Å². The van der Waals surface area contributed by atoms with E-state index in [1.165, 1.54) is 41.7 Å². The highest BCUT2D eigenvalue weighted by molar-refractivity contribution is 7.22. The average Bonchev–Trinajstić information content (AvgIpc) is 3.14. The number of hydrogen-bond acceptors (Lipinski definition) is 5. The molecule has 2 heterocycles. The molecule has 5 nitrogen and oxygen atoms in total. The van der Waals surface area contributed by atoms with Crippen LogP contribution in [-0.2, 0) is 4.74 Å². The quantitative estimate of drug-likeness (QED) is 0.610. The van der Waals surface area contributed by atoms with E-state index < -0.39 is 5.82 Å². The maximum atomic E-state index is 13.7. The number of anilines is 1. The summed E-state index contributed by atoms with van der Waals surface area (Å²) in [4.78, 5) is 21.5. The second kappa shape index (κ2) is 8.94. The molecule has 0 radical (unpaired) electrons. The monoisotopic (exact) mass is 417 g/mol. The van der Waals surface area contributed by atoms with Crippen molar-refractivity contribution in [2.45, 2.75) is 6.42 Å². The van der Waals surface area contributed by atoms with Crippen molar-refractivity contribution >= 4 is 32.6 Å². The first-order valence-electron chi connectivity index (χ1n) is 9.54. The normalized spacial score (nSPS) is 15.0. The topological polar surface area (TPSA) is 45.7 Å². The second-order valence-electron chi connectivity index (χ2n) is 6.88. The first-order chi connectivity index (χ1) is 14.1. The van der Waals surface area contributed by atoms with E-state index in [9.17, 15) is 13.6 Å². The van der Waals surface area contributed by atoms with Gasteiger partial charge in [-0.1, -0.05) is 17.4 Å². The van der Waals surface area contributed by atoms with Crippen LogP contribution in [-0.4, -0.2) is 55.2 Å². The Hall–Kier alpha value is -2.42. The number of carbonyl (C=O) groups is 1. The smallest absolute Gasteiger partial charge is 0.260 e. The predicted molar refractivity (Wildman–Crippen MR) is 110 cm³/mol. The molecule has 0 atom stereocenters. The van der Waals surface area contributed by atoms with Crippen LogP contribution < -0.4 is 4.90 Å². The zero-order valence-corrected chi connectivity index (χ0v) is 16.6. The molecule has 0 N–H and O–H groups in total. The Morgan fingerprint density at radius 3 is 2.72 bits per heavy atom. The van der Waals surface area contributed by atoms with Gasteiger partial charge in [0.1, 0.15) is 11.6 Å². The van der Waals surface area contributed by atoms with Gasteiger partial charge in [0.25, 0.3) is 5.91 Å². The molecule has 0 bridgehead atoms. The van der Waals surface area contributed by atoms with Crippen LogP contribution in [0.2, 0.25) is 0 Å². The fourth-order valence-corrected chi connectivity index (χ4v) is 4.36. The van der Waals surface area contributed by atoms with Crippen molar-refractivity contribution in [2.75, 3.05) is 44.3 Å². The molecule has 152 valence electrons. The van der Waals surface area contributed by atoms with Crippen molar-refractivity contribution in [1.82, 2.24) is 9.88 Å². The van der Waals surface area contributed by atoms with Crippen molar-refractivity contribution in [3.63, 3.8) is 0 Å². The lowest BCUT2D eigenvalue weighted by atomic mass is 10.2. The average molecular weight is 417 g/mol. The van der Waals surface area contributed by atoms with Gasteiger partial charge in [-0.25, -0.2) is 13.8 Å². The maximum Gasteiger partial charge on any atom is 0.260 e. The summed E-state index contributed by atoms with van der Waals surface area (Å²) in [5.74, 6) is -1.12. The number of hydrogen-bond donors (Lipinski definition) is 0. The van der Waals surface area contributed by atoms with Gasteiger partial charge in [0.05, 0.1) is 23.4 Å². The molecule has 1 amide bonds. The Bertz CT molecular complexity index is 1000. The zero-order chi connectivity index (χ0) is 20.2. The summed E-state index contributed by atoms with van der Waals surface area (Å²) in [6.45, 7) is 4.45. The SMILES string of the molecule is O=C(c1cccc(F)c1)N(CCCN1CCOCC1)c1nc2ccc(F)cc2s1. The van der Waals surface area contributed by atoms with Crippen LogP contribution in [0.15, 0.2) is 42.5 Å². The van der Waals surface area contributed by atoms with E-state index >= 15 is 0 Å². The summed E-state index contributed by atoms with van der Waals surface area (Å²) >= 11 is 1.26. The lowest BCUT2D eigenvalue weighted by Crippen LogP contribution is -2.39. The van der Waals surface area contributed by atoms with E-state index in [0.29, 0.717) is 21.9 Å². The molecule has 0 aliphatic carbocycles. The third-order valence-electron chi connectivity index (χ3n) is 4.85. The van der Waals surface area contributed by atoms with Crippen molar-refractivity contribution in [2.24, 2.45) is 0 Å². The van der Waals surface area contributed by atoms with E-state index in [4.69, 9.17) is 4.74 Å². The van der Waals surface area contributed by atoms with Crippen molar-refractivity contribution in [1.29, 1.82) is 0 Å². The van der Waals surface area contributed by atoms with Gasteiger partial charge in [-0.05, 0) is 42.8 Å². The molecule has 3 aromatic rings. The van der Waals surface area contributed by atoms with Crippen LogP contribution >= 0.6 is 11.3 Å². The Morgan fingerprint density at radius 1 is 1.14 bits per heavy atom. The first kappa shape index (κ1) is 19.9. The van der Waals surface area contributed by atoms with E-state index in [1.807, 2.05) is 0 Å². The summed E-state index contributed by atoms with van der Waals surface area (Å²) in [6, 6.07) is 10.0. The molecule has 0 unspecified atom stereocenters. The molecule has 1 fully saturated rings. The maximum absolute atomic E-state index is 13.7. The zero-order valence-electron chi connectivity index (χ0n) is 15.8. The lowest BCUT2D eigenvalue weighted by Gasteiger charge is -2.27. The molecule has 8 heteroatoms. The van der Waals surface area contributed by atoms with Crippen LogP contribution in [0, 0.1) is 11.6 Å². The Kier molecular flexibility index (Phi) is 6.13. The van der Waals surface area contributed by atoms with Gasteiger partial charge < -0.3 is 4.74 Å². The third-order valence-corrected chi connectivity index (χ3v) is 5.89. The molecule has 1 aliphatic heterocycles. The number of thiazole rings is 1.